The molecule has 1 rings (SSSR count). The molecule has 0 aromatic heterocycles. The van der Waals surface area contributed by atoms with Crippen LogP contribution in [0.25, 0.3) is 0 Å². The maximum Gasteiger partial charge on any atom is 0.398 e. The minimum atomic E-state index is -2.55. The van der Waals surface area contributed by atoms with Crippen LogP contribution in [-0.4, -0.2) is 61.2 Å². The van der Waals surface area contributed by atoms with Crippen molar-refractivity contribution >= 4 is 11.9 Å². The van der Waals surface area contributed by atoms with E-state index in [-0.39, 0.29) is 32.0 Å². The standard InChI is InChI=1S/C21H32O8/c1-3-5-9-17(4-2)19(23)28-21(25,16-27-15-14-26-13-12-22)29-20(24)18-10-7-6-8-11-18/h6-8,10-11,17,22,25H,3-5,9,12-16H2,1-2H3. The number of ether oxygens (including phenoxy) is 4. The van der Waals surface area contributed by atoms with E-state index in [9.17, 15) is 14.7 Å². The quantitative estimate of drug-likeness (QED) is 0.256. The van der Waals surface area contributed by atoms with Crippen LogP contribution in [0, 0.1) is 5.92 Å². The van der Waals surface area contributed by atoms with Gasteiger partial charge in [-0.3, -0.25) is 4.79 Å². The SMILES string of the molecule is CCCCC(CC)C(=O)OC(O)(COCCOCCO)OC(=O)c1ccccc1. The molecule has 0 heterocycles. The molecular weight excluding hydrogens is 380 g/mol. The van der Waals surface area contributed by atoms with Crippen LogP contribution < -0.4 is 0 Å². The fourth-order valence-electron chi connectivity index (χ4n) is 2.52. The van der Waals surface area contributed by atoms with Crippen molar-refractivity contribution in [2.45, 2.75) is 45.5 Å². The third kappa shape index (κ3) is 9.85. The van der Waals surface area contributed by atoms with Crippen LogP contribution in [0.3, 0.4) is 0 Å². The number of hydrogen-bond acceptors (Lipinski definition) is 8. The van der Waals surface area contributed by atoms with E-state index < -0.39 is 30.4 Å². The van der Waals surface area contributed by atoms with Crippen LogP contribution in [0.5, 0.6) is 0 Å². The van der Waals surface area contributed by atoms with Crippen molar-refractivity contribution in [2.24, 2.45) is 5.92 Å². The predicted octanol–water partition coefficient (Wildman–Crippen LogP) is 2.27. The molecule has 2 unspecified atom stereocenters. The molecule has 0 spiro atoms. The van der Waals surface area contributed by atoms with Crippen LogP contribution in [-0.2, 0) is 23.7 Å². The van der Waals surface area contributed by atoms with Crippen molar-refractivity contribution in [1.29, 1.82) is 0 Å². The van der Waals surface area contributed by atoms with Crippen molar-refractivity contribution in [3.63, 3.8) is 0 Å². The molecule has 29 heavy (non-hydrogen) atoms. The molecule has 0 aliphatic heterocycles. The predicted molar refractivity (Wildman–Crippen MR) is 105 cm³/mol. The van der Waals surface area contributed by atoms with Gasteiger partial charge in [0.05, 0.1) is 37.9 Å². The number of hydrogen-bond donors (Lipinski definition) is 2. The second-order valence-corrected chi connectivity index (χ2v) is 6.53. The number of rotatable bonds is 15. The highest BCUT2D eigenvalue weighted by Gasteiger charge is 2.39. The number of carbonyl (C=O) groups excluding carboxylic acids is 2. The second kappa shape index (κ2) is 14.1. The minimum absolute atomic E-state index is 0.0514. The number of benzene rings is 1. The Morgan fingerprint density at radius 1 is 1.03 bits per heavy atom. The zero-order valence-electron chi connectivity index (χ0n) is 17.2. The van der Waals surface area contributed by atoms with E-state index in [1.807, 2.05) is 13.8 Å². The summed E-state index contributed by atoms with van der Waals surface area (Å²) >= 11 is 0. The first-order valence-electron chi connectivity index (χ1n) is 9.95. The van der Waals surface area contributed by atoms with Gasteiger partial charge in [0.25, 0.3) is 0 Å². The first kappa shape index (κ1) is 25.0. The topological polar surface area (TPSA) is 112 Å². The van der Waals surface area contributed by atoms with Gasteiger partial charge >= 0.3 is 17.9 Å². The zero-order valence-corrected chi connectivity index (χ0v) is 17.2. The molecule has 0 fully saturated rings. The van der Waals surface area contributed by atoms with Gasteiger partial charge in [0, 0.05) is 0 Å². The number of unbranched alkanes of at least 4 members (excludes halogenated alkanes) is 1. The Labute approximate surface area is 171 Å². The van der Waals surface area contributed by atoms with E-state index in [2.05, 4.69) is 0 Å². The summed E-state index contributed by atoms with van der Waals surface area (Å²) in [5.41, 5.74) is 0.200. The summed E-state index contributed by atoms with van der Waals surface area (Å²) in [5, 5.41) is 19.4. The molecule has 0 saturated carbocycles. The van der Waals surface area contributed by atoms with Crippen LogP contribution in [0.15, 0.2) is 30.3 Å². The first-order valence-corrected chi connectivity index (χ1v) is 9.95. The Hall–Kier alpha value is -2.00. The minimum Gasteiger partial charge on any atom is -0.396 e. The molecule has 0 aliphatic carbocycles. The molecule has 8 heteroatoms. The lowest BCUT2D eigenvalue weighted by Gasteiger charge is -2.28. The van der Waals surface area contributed by atoms with Gasteiger partial charge in [-0.15, -0.1) is 0 Å². The average Bonchev–Trinajstić information content (AvgIpc) is 2.71. The van der Waals surface area contributed by atoms with Gasteiger partial charge in [0.15, 0.2) is 6.61 Å². The molecule has 8 nitrogen and oxygen atoms in total. The summed E-state index contributed by atoms with van der Waals surface area (Å²) in [6.07, 6.45) is 2.92. The lowest BCUT2D eigenvalue weighted by atomic mass is 10.00. The Kier molecular flexibility index (Phi) is 12.1. The third-order valence-electron chi connectivity index (χ3n) is 4.15. The number of aliphatic hydroxyl groups is 2. The molecule has 1 aromatic carbocycles. The Bertz CT molecular complexity index is 592. The molecule has 2 N–H and O–H groups in total. The zero-order chi connectivity index (χ0) is 21.5. The van der Waals surface area contributed by atoms with Crippen molar-refractivity contribution < 1.29 is 38.7 Å². The van der Waals surface area contributed by atoms with Crippen LogP contribution >= 0.6 is 0 Å². The largest absolute Gasteiger partial charge is 0.398 e. The molecule has 0 bridgehead atoms. The highest BCUT2D eigenvalue weighted by Crippen LogP contribution is 2.21. The maximum absolute atomic E-state index is 12.5. The molecule has 0 radical (unpaired) electrons. The summed E-state index contributed by atoms with van der Waals surface area (Å²) in [6.45, 7) is 3.55. The molecule has 0 aliphatic rings. The van der Waals surface area contributed by atoms with E-state index >= 15 is 0 Å². The molecule has 1 aromatic rings. The summed E-state index contributed by atoms with van der Waals surface area (Å²) in [7, 11) is 0. The van der Waals surface area contributed by atoms with Gasteiger partial charge in [-0.2, -0.15) is 0 Å². The summed E-state index contributed by atoms with van der Waals surface area (Å²) in [5.74, 6) is -4.46. The highest BCUT2D eigenvalue weighted by atomic mass is 16.9. The van der Waals surface area contributed by atoms with Gasteiger partial charge in [-0.05, 0) is 25.0 Å². The highest BCUT2D eigenvalue weighted by molar-refractivity contribution is 5.89. The summed E-state index contributed by atoms with van der Waals surface area (Å²) < 4.78 is 20.6. The molecular formula is C21H32O8. The van der Waals surface area contributed by atoms with Crippen molar-refractivity contribution in [3.8, 4) is 0 Å². The fraction of sp³-hybridized carbons (Fsp3) is 0.619. The van der Waals surface area contributed by atoms with Crippen molar-refractivity contribution in [3.05, 3.63) is 35.9 Å². The van der Waals surface area contributed by atoms with Gasteiger partial charge in [-0.25, -0.2) is 4.79 Å². The van der Waals surface area contributed by atoms with E-state index in [0.717, 1.165) is 12.8 Å². The van der Waals surface area contributed by atoms with Gasteiger partial charge in [0.1, 0.15) is 0 Å². The van der Waals surface area contributed by atoms with E-state index in [1.165, 1.54) is 12.1 Å². The Balaban J connectivity index is 2.77. The summed E-state index contributed by atoms with van der Waals surface area (Å²) in [6, 6.07) is 8.07. The second-order valence-electron chi connectivity index (χ2n) is 6.53. The van der Waals surface area contributed by atoms with Gasteiger partial charge in [0.2, 0.25) is 0 Å². The maximum atomic E-state index is 12.5. The number of esters is 2. The lowest BCUT2D eigenvalue weighted by Crippen LogP contribution is -2.45. The van der Waals surface area contributed by atoms with E-state index in [4.69, 9.17) is 24.1 Å². The lowest BCUT2D eigenvalue weighted by molar-refractivity contribution is -0.335. The van der Waals surface area contributed by atoms with Crippen LogP contribution in [0.4, 0.5) is 0 Å². The Morgan fingerprint density at radius 3 is 2.34 bits per heavy atom. The smallest absolute Gasteiger partial charge is 0.396 e. The molecule has 2 atom stereocenters. The summed E-state index contributed by atoms with van der Waals surface area (Å²) in [4.78, 5) is 24.9. The van der Waals surface area contributed by atoms with Crippen LogP contribution in [0.2, 0.25) is 0 Å². The number of carbonyl (C=O) groups is 2. The fourth-order valence-corrected chi connectivity index (χ4v) is 2.52. The molecule has 0 saturated heterocycles. The van der Waals surface area contributed by atoms with Crippen molar-refractivity contribution in [2.75, 3.05) is 33.0 Å². The van der Waals surface area contributed by atoms with Gasteiger partial charge in [-0.1, -0.05) is 44.9 Å². The van der Waals surface area contributed by atoms with Crippen LogP contribution in [0.1, 0.15) is 49.9 Å². The number of aliphatic hydroxyl groups excluding tert-OH is 1. The van der Waals surface area contributed by atoms with E-state index in [0.29, 0.717) is 12.8 Å². The normalized spacial score (nSPS) is 14.1. The van der Waals surface area contributed by atoms with Crippen molar-refractivity contribution in [1.82, 2.24) is 0 Å². The Morgan fingerprint density at radius 2 is 1.72 bits per heavy atom. The van der Waals surface area contributed by atoms with E-state index in [1.54, 1.807) is 18.2 Å². The molecule has 164 valence electrons. The molecule has 0 amide bonds. The average molecular weight is 412 g/mol. The third-order valence-corrected chi connectivity index (χ3v) is 4.15. The first-order chi connectivity index (χ1) is 14.0. The monoisotopic (exact) mass is 412 g/mol. The van der Waals surface area contributed by atoms with Gasteiger partial charge < -0.3 is 29.2 Å².